The first-order valence-electron chi connectivity index (χ1n) is 12.5. The van der Waals surface area contributed by atoms with Crippen molar-refractivity contribution in [1.82, 2.24) is 10.2 Å². The topological polar surface area (TPSA) is 116 Å². The van der Waals surface area contributed by atoms with Crippen molar-refractivity contribution in [3.8, 4) is 0 Å². The number of carbonyl (C=O) groups excluding carboxylic acids is 2. The summed E-state index contributed by atoms with van der Waals surface area (Å²) in [6, 6.07) is 3.89. The van der Waals surface area contributed by atoms with Gasteiger partial charge >= 0.3 is 5.97 Å². The van der Waals surface area contributed by atoms with Gasteiger partial charge in [0.25, 0.3) is 11.7 Å². The van der Waals surface area contributed by atoms with Gasteiger partial charge in [-0.25, -0.2) is 4.39 Å². The molecule has 2 fully saturated rings. The molecular weight excluding hydrogens is 451 g/mol. The van der Waals surface area contributed by atoms with Gasteiger partial charge in [-0.1, -0.05) is 6.92 Å². The van der Waals surface area contributed by atoms with E-state index in [9.17, 15) is 18.8 Å². The maximum Gasteiger partial charge on any atom is 0.303 e. The number of nitrogens with two attached hydrogens (primary N) is 1. The molecule has 9 heteroatoms. The van der Waals surface area contributed by atoms with Crippen LogP contribution in [0.15, 0.2) is 18.2 Å². The quantitative estimate of drug-likeness (QED) is 0.383. The number of hydrogen-bond donors (Lipinski definition) is 3. The fraction of sp³-hybridized carbons (Fsp3) is 0.615. The average Bonchev–Trinajstić information content (AvgIpc) is 3.36. The van der Waals surface area contributed by atoms with Crippen LogP contribution in [0, 0.1) is 17.2 Å². The lowest BCUT2D eigenvalue weighted by Gasteiger charge is -2.40. The second-order valence-electron chi connectivity index (χ2n) is 10.3. The zero-order chi connectivity index (χ0) is 25.8. The Balaban J connectivity index is 1.67. The van der Waals surface area contributed by atoms with E-state index < -0.39 is 29.2 Å². The Morgan fingerprint density at radius 1 is 1.23 bits per heavy atom. The van der Waals surface area contributed by atoms with Crippen LogP contribution in [0.25, 0.3) is 0 Å². The summed E-state index contributed by atoms with van der Waals surface area (Å²) in [6.45, 7) is 8.13. The van der Waals surface area contributed by atoms with E-state index in [2.05, 4.69) is 5.32 Å². The number of hydrogen-bond acceptors (Lipinski definition) is 3. The Hall–Kier alpha value is -2.97. The monoisotopic (exact) mass is 489 g/mol. The largest absolute Gasteiger partial charge is 0.481 e. The molecule has 0 aromatic heterocycles. The molecule has 1 aromatic carbocycles. The highest BCUT2D eigenvalue weighted by atomic mass is 19.1. The summed E-state index contributed by atoms with van der Waals surface area (Å²) in [4.78, 5) is 39.0. The fourth-order valence-electron chi connectivity index (χ4n) is 5.17. The maximum atomic E-state index is 14.9. The molecule has 0 bridgehead atoms. The number of piperidine rings is 1. The summed E-state index contributed by atoms with van der Waals surface area (Å²) in [7, 11) is 0. The van der Waals surface area contributed by atoms with Gasteiger partial charge in [0.2, 0.25) is 5.91 Å². The van der Waals surface area contributed by atoms with Crippen LogP contribution in [0.3, 0.4) is 0 Å². The second kappa shape index (κ2) is 11.2. The van der Waals surface area contributed by atoms with Crippen LogP contribution in [0.2, 0.25) is 0 Å². The number of carbonyl (C=O) groups is 3. The molecule has 0 aliphatic carbocycles. The normalized spacial score (nSPS) is 17.8. The van der Waals surface area contributed by atoms with Crippen molar-refractivity contribution in [2.24, 2.45) is 17.1 Å². The van der Waals surface area contributed by atoms with Crippen molar-refractivity contribution >= 4 is 23.6 Å². The molecule has 2 aliphatic heterocycles. The molecule has 1 unspecified atom stereocenters. The Kier molecular flexibility index (Phi) is 8.51. The summed E-state index contributed by atoms with van der Waals surface area (Å²) in [5.41, 5.74) is 5.75. The number of aliphatic carboxylic acids is 1. The van der Waals surface area contributed by atoms with Crippen LogP contribution in [0.1, 0.15) is 75.2 Å². The van der Waals surface area contributed by atoms with Crippen molar-refractivity contribution in [2.45, 2.75) is 65.3 Å². The molecule has 1 aromatic rings. The molecular formula is C26H38FN4O4+. The smallest absolute Gasteiger partial charge is 0.303 e. The minimum atomic E-state index is -0.908. The number of halogens is 1. The highest BCUT2D eigenvalue weighted by molar-refractivity contribution is 5.98. The minimum Gasteiger partial charge on any atom is -0.481 e. The first-order chi connectivity index (χ1) is 16.5. The summed E-state index contributed by atoms with van der Waals surface area (Å²) < 4.78 is 16.9. The highest BCUT2D eigenvalue weighted by Crippen LogP contribution is 2.30. The van der Waals surface area contributed by atoms with Crippen LogP contribution in [-0.2, 0) is 9.59 Å². The first kappa shape index (κ1) is 26.6. The summed E-state index contributed by atoms with van der Waals surface area (Å²) in [5.74, 6) is -1.55. The van der Waals surface area contributed by atoms with Gasteiger partial charge in [0.15, 0.2) is 0 Å². The van der Waals surface area contributed by atoms with E-state index in [1.165, 1.54) is 12.1 Å². The van der Waals surface area contributed by atoms with E-state index in [4.69, 9.17) is 10.8 Å². The van der Waals surface area contributed by atoms with E-state index in [1.807, 2.05) is 11.5 Å². The van der Waals surface area contributed by atoms with E-state index in [1.54, 1.807) is 24.8 Å². The van der Waals surface area contributed by atoms with Crippen LogP contribution in [0.5, 0.6) is 0 Å². The summed E-state index contributed by atoms with van der Waals surface area (Å²) >= 11 is 0. The molecule has 3 rings (SSSR count). The zero-order valence-corrected chi connectivity index (χ0v) is 21.0. The number of amidine groups is 1. The van der Waals surface area contributed by atoms with Gasteiger partial charge in [0, 0.05) is 25.6 Å². The molecule has 0 saturated carbocycles. The van der Waals surface area contributed by atoms with Gasteiger partial charge in [0.1, 0.15) is 5.82 Å². The number of likely N-dealkylation sites (tertiary alicyclic amines) is 1. The highest BCUT2D eigenvalue weighted by Gasteiger charge is 2.41. The van der Waals surface area contributed by atoms with E-state index in [0.717, 1.165) is 25.9 Å². The third-order valence-electron chi connectivity index (χ3n) is 7.46. The Bertz CT molecular complexity index is 991. The van der Waals surface area contributed by atoms with Crippen molar-refractivity contribution < 1.29 is 28.5 Å². The average molecular weight is 490 g/mol. The predicted molar refractivity (Wildman–Crippen MR) is 131 cm³/mol. The third-order valence-corrected chi connectivity index (χ3v) is 7.46. The Morgan fingerprint density at radius 2 is 1.86 bits per heavy atom. The van der Waals surface area contributed by atoms with Gasteiger partial charge in [0.05, 0.1) is 29.6 Å². The predicted octanol–water partition coefficient (Wildman–Crippen LogP) is 2.59. The van der Waals surface area contributed by atoms with E-state index in [0.29, 0.717) is 43.8 Å². The molecule has 0 spiro atoms. The number of nitrogens with one attached hydrogen (secondary N) is 1. The van der Waals surface area contributed by atoms with Crippen molar-refractivity contribution in [3.05, 3.63) is 35.1 Å². The van der Waals surface area contributed by atoms with Crippen molar-refractivity contribution in [3.63, 3.8) is 0 Å². The molecule has 192 valence electrons. The van der Waals surface area contributed by atoms with E-state index in [-0.39, 0.29) is 23.8 Å². The standard InChI is InChI=1S/C26H37FN4O4/c1-4-21(26(2,3)25(35)31-13-9-17(10-14-31)15-22(32)33)29-24(34)19-8-7-18(16-20(19)27)23(28)30-11-5-6-12-30/h7-8,16-17,21,28H,4-6,9-15H2,1-3H3,(H2,29,32,33,34)/p+1. The maximum absolute atomic E-state index is 14.9. The lowest BCUT2D eigenvalue weighted by Crippen LogP contribution is -2.54. The SMILES string of the molecule is CCC(NC(=O)c1ccc(C(N)=[N+]2CCCC2)cc1F)C(C)(C)C(=O)N1CCC(CC(=O)O)CC1. The Labute approximate surface area is 206 Å². The van der Waals surface area contributed by atoms with Crippen molar-refractivity contribution in [2.75, 3.05) is 26.2 Å². The van der Waals surface area contributed by atoms with Crippen LogP contribution in [0.4, 0.5) is 4.39 Å². The van der Waals surface area contributed by atoms with Gasteiger partial charge in [-0.15, -0.1) is 0 Å². The number of nitrogens with zero attached hydrogens (tertiary/aromatic N) is 2. The first-order valence-corrected chi connectivity index (χ1v) is 12.5. The summed E-state index contributed by atoms with van der Waals surface area (Å²) in [5, 5.41) is 11.9. The van der Waals surface area contributed by atoms with Crippen LogP contribution in [-0.4, -0.2) is 70.4 Å². The van der Waals surface area contributed by atoms with Gasteiger partial charge < -0.3 is 15.3 Å². The van der Waals surface area contributed by atoms with Gasteiger partial charge in [-0.3, -0.25) is 24.7 Å². The fourth-order valence-corrected chi connectivity index (χ4v) is 5.17. The molecule has 2 amide bonds. The number of carboxylic acid groups (broad SMARTS) is 1. The van der Waals surface area contributed by atoms with Gasteiger partial charge in [-0.05, 0) is 70.1 Å². The van der Waals surface area contributed by atoms with E-state index >= 15 is 0 Å². The molecule has 2 heterocycles. The summed E-state index contributed by atoms with van der Waals surface area (Å²) in [6.07, 6.45) is 4.01. The number of rotatable bonds is 8. The van der Waals surface area contributed by atoms with Crippen LogP contribution < -0.4 is 11.1 Å². The van der Waals surface area contributed by atoms with Crippen LogP contribution >= 0.6 is 0 Å². The number of carboxylic acids is 1. The molecule has 2 aliphatic rings. The molecule has 1 atom stereocenters. The van der Waals surface area contributed by atoms with Gasteiger partial charge in [-0.2, -0.15) is 0 Å². The Morgan fingerprint density at radius 3 is 2.40 bits per heavy atom. The number of benzene rings is 1. The zero-order valence-electron chi connectivity index (χ0n) is 21.0. The molecule has 35 heavy (non-hydrogen) atoms. The number of amides is 2. The molecule has 0 radical (unpaired) electrons. The van der Waals surface area contributed by atoms with Crippen molar-refractivity contribution in [1.29, 1.82) is 0 Å². The second-order valence-corrected chi connectivity index (χ2v) is 10.3. The molecule has 4 N–H and O–H groups in total. The molecule has 8 nitrogen and oxygen atoms in total. The lowest BCUT2D eigenvalue weighted by atomic mass is 9.80. The molecule has 2 saturated heterocycles. The third kappa shape index (κ3) is 6.18. The minimum absolute atomic E-state index is 0.0732. The lowest BCUT2D eigenvalue weighted by molar-refractivity contribution is -0.506.